The van der Waals surface area contributed by atoms with Gasteiger partial charge in [-0.2, -0.15) is 0 Å². The van der Waals surface area contributed by atoms with Gasteiger partial charge in [0.05, 0.1) is 0 Å². The van der Waals surface area contributed by atoms with Crippen molar-refractivity contribution < 1.29 is 0 Å². The second-order valence-electron chi connectivity index (χ2n) is 5.92. The molecule has 1 saturated carbocycles. The Morgan fingerprint density at radius 2 is 1.75 bits per heavy atom. The minimum absolute atomic E-state index is 0.656. The Labute approximate surface area is 101 Å². The summed E-state index contributed by atoms with van der Waals surface area (Å²) in [6.07, 6.45) is 11.4. The van der Waals surface area contributed by atoms with Gasteiger partial charge in [0.25, 0.3) is 0 Å². The van der Waals surface area contributed by atoms with Crippen LogP contribution in [0.4, 0.5) is 0 Å². The Kier molecular flexibility index (Phi) is 4.26. The van der Waals surface area contributed by atoms with Crippen LogP contribution in [0.15, 0.2) is 0 Å². The molecule has 0 aromatic rings. The van der Waals surface area contributed by atoms with Crippen molar-refractivity contribution >= 4 is 0 Å². The van der Waals surface area contributed by atoms with Crippen molar-refractivity contribution in [3.8, 4) is 0 Å². The second-order valence-corrected chi connectivity index (χ2v) is 5.92. The highest BCUT2D eigenvalue weighted by molar-refractivity contribution is 4.91. The molecule has 1 heterocycles. The van der Waals surface area contributed by atoms with Gasteiger partial charge in [0.2, 0.25) is 0 Å². The summed E-state index contributed by atoms with van der Waals surface area (Å²) in [5.74, 6) is 0. The van der Waals surface area contributed by atoms with Crippen molar-refractivity contribution in [3.05, 3.63) is 0 Å². The molecule has 0 bridgehead atoms. The SMILES string of the molecule is CCCC(CN)N1CCC2(CCCC2)CC1. The van der Waals surface area contributed by atoms with Crippen LogP contribution in [-0.2, 0) is 0 Å². The zero-order chi connectivity index (χ0) is 11.4. The zero-order valence-corrected chi connectivity index (χ0v) is 10.9. The summed E-state index contributed by atoms with van der Waals surface area (Å²) < 4.78 is 0. The quantitative estimate of drug-likeness (QED) is 0.795. The van der Waals surface area contributed by atoms with Crippen molar-refractivity contribution in [1.82, 2.24) is 4.90 Å². The van der Waals surface area contributed by atoms with Gasteiger partial charge < -0.3 is 5.73 Å². The highest BCUT2D eigenvalue weighted by Gasteiger charge is 2.37. The lowest BCUT2D eigenvalue weighted by molar-refractivity contribution is 0.0749. The third kappa shape index (κ3) is 2.60. The monoisotopic (exact) mass is 224 g/mol. The average Bonchev–Trinajstić information content (AvgIpc) is 2.76. The molecule has 0 radical (unpaired) electrons. The van der Waals surface area contributed by atoms with Crippen molar-refractivity contribution in [3.63, 3.8) is 0 Å². The number of piperidine rings is 1. The maximum absolute atomic E-state index is 5.89. The number of hydrogen-bond acceptors (Lipinski definition) is 2. The third-order valence-electron chi connectivity index (χ3n) is 4.93. The lowest BCUT2D eigenvalue weighted by atomic mass is 9.76. The van der Waals surface area contributed by atoms with Crippen LogP contribution in [0, 0.1) is 5.41 Å². The molecule has 1 spiro atoms. The smallest absolute Gasteiger partial charge is 0.0218 e. The van der Waals surface area contributed by atoms with Gasteiger partial charge >= 0.3 is 0 Å². The molecular formula is C14H28N2. The van der Waals surface area contributed by atoms with Crippen molar-refractivity contribution in [2.75, 3.05) is 19.6 Å². The molecule has 1 aliphatic heterocycles. The van der Waals surface area contributed by atoms with E-state index < -0.39 is 0 Å². The molecule has 2 heteroatoms. The van der Waals surface area contributed by atoms with Crippen LogP contribution in [0.25, 0.3) is 0 Å². The Morgan fingerprint density at radius 3 is 2.25 bits per heavy atom. The summed E-state index contributed by atoms with van der Waals surface area (Å²) in [5.41, 5.74) is 6.64. The molecule has 0 aromatic heterocycles. The van der Waals surface area contributed by atoms with Gasteiger partial charge in [-0.05, 0) is 50.6 Å². The maximum atomic E-state index is 5.89. The molecule has 2 nitrogen and oxygen atoms in total. The molecule has 16 heavy (non-hydrogen) atoms. The molecule has 1 aliphatic carbocycles. The molecule has 2 aliphatic rings. The second kappa shape index (κ2) is 5.50. The molecule has 94 valence electrons. The molecule has 1 atom stereocenters. The van der Waals surface area contributed by atoms with Gasteiger partial charge in [0.1, 0.15) is 0 Å². The van der Waals surface area contributed by atoms with E-state index in [2.05, 4.69) is 11.8 Å². The standard InChI is InChI=1S/C14H28N2/c1-2-5-13(12-15)16-10-8-14(9-11-16)6-3-4-7-14/h13H,2-12,15H2,1H3. The fourth-order valence-electron chi connectivity index (χ4n) is 3.77. The predicted molar refractivity (Wildman–Crippen MR) is 69.5 cm³/mol. The number of rotatable bonds is 4. The third-order valence-corrected chi connectivity index (χ3v) is 4.93. The summed E-state index contributed by atoms with van der Waals surface area (Å²) in [7, 11) is 0. The highest BCUT2D eigenvalue weighted by atomic mass is 15.2. The van der Waals surface area contributed by atoms with E-state index in [4.69, 9.17) is 5.73 Å². The number of likely N-dealkylation sites (tertiary alicyclic amines) is 1. The Bertz CT molecular complexity index is 199. The van der Waals surface area contributed by atoms with Crippen molar-refractivity contribution in [2.24, 2.45) is 11.1 Å². The van der Waals surface area contributed by atoms with Gasteiger partial charge in [-0.25, -0.2) is 0 Å². The first-order valence-corrected chi connectivity index (χ1v) is 7.24. The molecule has 0 amide bonds. The molecule has 1 unspecified atom stereocenters. The number of nitrogens with zero attached hydrogens (tertiary/aromatic N) is 1. The summed E-state index contributed by atoms with van der Waals surface area (Å²) >= 11 is 0. The van der Waals surface area contributed by atoms with E-state index in [9.17, 15) is 0 Å². The summed E-state index contributed by atoms with van der Waals surface area (Å²) in [5, 5.41) is 0. The lowest BCUT2D eigenvalue weighted by Crippen LogP contribution is -2.47. The summed E-state index contributed by atoms with van der Waals surface area (Å²) in [6, 6.07) is 0.656. The average molecular weight is 224 g/mol. The van der Waals surface area contributed by atoms with Crippen LogP contribution >= 0.6 is 0 Å². The van der Waals surface area contributed by atoms with Crippen LogP contribution in [0.1, 0.15) is 58.3 Å². The Hall–Kier alpha value is -0.0800. The summed E-state index contributed by atoms with van der Waals surface area (Å²) in [4.78, 5) is 2.66. The largest absolute Gasteiger partial charge is 0.329 e. The number of nitrogens with two attached hydrogens (primary N) is 1. The van der Waals surface area contributed by atoms with Gasteiger partial charge in [0, 0.05) is 12.6 Å². The van der Waals surface area contributed by atoms with Crippen LogP contribution in [0.5, 0.6) is 0 Å². The molecule has 2 N–H and O–H groups in total. The maximum Gasteiger partial charge on any atom is 0.0218 e. The van der Waals surface area contributed by atoms with E-state index in [1.807, 2.05) is 0 Å². The van der Waals surface area contributed by atoms with E-state index in [0.717, 1.165) is 12.0 Å². The van der Waals surface area contributed by atoms with Crippen molar-refractivity contribution in [1.29, 1.82) is 0 Å². The molecule has 1 saturated heterocycles. The van der Waals surface area contributed by atoms with Crippen LogP contribution in [-0.4, -0.2) is 30.6 Å². The topological polar surface area (TPSA) is 29.3 Å². The van der Waals surface area contributed by atoms with Gasteiger partial charge in [-0.15, -0.1) is 0 Å². The normalized spacial score (nSPS) is 27.4. The van der Waals surface area contributed by atoms with E-state index in [1.54, 1.807) is 0 Å². The van der Waals surface area contributed by atoms with Crippen LogP contribution in [0.2, 0.25) is 0 Å². The molecule has 2 fully saturated rings. The van der Waals surface area contributed by atoms with Gasteiger partial charge in [-0.1, -0.05) is 26.2 Å². The minimum Gasteiger partial charge on any atom is -0.329 e. The van der Waals surface area contributed by atoms with Crippen LogP contribution in [0.3, 0.4) is 0 Å². The van der Waals surface area contributed by atoms with Crippen LogP contribution < -0.4 is 5.73 Å². The number of hydrogen-bond donors (Lipinski definition) is 1. The fraction of sp³-hybridized carbons (Fsp3) is 1.00. The van der Waals surface area contributed by atoms with Gasteiger partial charge in [-0.3, -0.25) is 4.90 Å². The highest BCUT2D eigenvalue weighted by Crippen LogP contribution is 2.46. The molecular weight excluding hydrogens is 196 g/mol. The van der Waals surface area contributed by atoms with E-state index in [0.29, 0.717) is 6.04 Å². The first kappa shape index (κ1) is 12.4. The lowest BCUT2D eigenvalue weighted by Gasteiger charge is -2.42. The molecule has 2 rings (SSSR count). The fourth-order valence-corrected chi connectivity index (χ4v) is 3.77. The van der Waals surface area contributed by atoms with Crippen molar-refractivity contribution in [2.45, 2.75) is 64.3 Å². The van der Waals surface area contributed by atoms with E-state index in [1.165, 1.54) is 64.5 Å². The predicted octanol–water partition coefficient (Wildman–Crippen LogP) is 2.77. The van der Waals surface area contributed by atoms with E-state index in [-0.39, 0.29) is 0 Å². The van der Waals surface area contributed by atoms with E-state index >= 15 is 0 Å². The molecule has 0 aromatic carbocycles. The first-order chi connectivity index (χ1) is 7.79. The van der Waals surface area contributed by atoms with Gasteiger partial charge in [0.15, 0.2) is 0 Å². The Balaban J connectivity index is 1.83. The summed E-state index contributed by atoms with van der Waals surface area (Å²) in [6.45, 7) is 5.73. The Morgan fingerprint density at radius 1 is 1.12 bits per heavy atom. The minimum atomic E-state index is 0.656. The first-order valence-electron chi connectivity index (χ1n) is 7.24. The zero-order valence-electron chi connectivity index (χ0n) is 10.9.